The van der Waals surface area contributed by atoms with Gasteiger partial charge in [-0.15, -0.1) is 0 Å². The van der Waals surface area contributed by atoms with Crippen LogP contribution in [0.5, 0.6) is 5.75 Å². The molecule has 0 spiro atoms. The maximum absolute atomic E-state index is 11.8. The smallest absolute Gasteiger partial charge is 0.313 e. The number of carbonyl (C=O) groups is 1. The fourth-order valence-electron chi connectivity index (χ4n) is 4.06. The number of nitrogens with one attached hydrogen (secondary N) is 1. The van der Waals surface area contributed by atoms with E-state index in [-0.39, 0.29) is 0 Å². The second-order valence-electron chi connectivity index (χ2n) is 9.13. The summed E-state index contributed by atoms with van der Waals surface area (Å²) in [6.45, 7) is 3.87. The van der Waals surface area contributed by atoms with Crippen LogP contribution in [-0.4, -0.2) is 42.9 Å². The van der Waals surface area contributed by atoms with Crippen molar-refractivity contribution in [1.29, 1.82) is 0 Å². The Morgan fingerprint density at radius 1 is 1.08 bits per heavy atom. The second kappa shape index (κ2) is 9.69. The highest BCUT2D eigenvalue weighted by Crippen LogP contribution is 2.31. The van der Waals surface area contributed by atoms with Crippen LogP contribution < -0.4 is 10.1 Å². The maximum Gasteiger partial charge on any atom is 0.313 e. The van der Waals surface area contributed by atoms with Crippen molar-refractivity contribution in [3.05, 3.63) is 90.4 Å². The van der Waals surface area contributed by atoms with Crippen molar-refractivity contribution in [3.8, 4) is 17.3 Å². The Hall–Kier alpha value is -4.79. The molecule has 0 atom stereocenters. The number of carboxylic acid groups (broad SMARTS) is 1. The van der Waals surface area contributed by atoms with E-state index in [0.29, 0.717) is 29.6 Å². The van der Waals surface area contributed by atoms with Crippen LogP contribution in [0.1, 0.15) is 25.0 Å². The molecule has 9 heteroatoms. The van der Waals surface area contributed by atoms with Gasteiger partial charge in [0.2, 0.25) is 0 Å². The molecule has 0 aliphatic carbocycles. The zero-order chi connectivity index (χ0) is 26.0. The van der Waals surface area contributed by atoms with Crippen LogP contribution in [-0.2, 0) is 16.8 Å². The molecule has 5 rings (SSSR count). The lowest BCUT2D eigenvalue weighted by Crippen LogP contribution is -2.28. The van der Waals surface area contributed by atoms with E-state index >= 15 is 0 Å². The zero-order valence-corrected chi connectivity index (χ0v) is 20.7. The molecule has 2 N–H and O–H groups in total. The van der Waals surface area contributed by atoms with E-state index in [0.717, 1.165) is 27.7 Å². The standard InChI is InChI=1S/C28H26N6O3/c1-28(2,27(35)36)19-8-6-7-18(15-19)17-34-22-10-5-4-9-21(22)24(33-34)26-30-16-23(37-3)25(32-26)31-20-11-13-29-14-12-20/h4-16H,17H2,1-3H3,(H,35,36)(H,29,30,31,32). The summed E-state index contributed by atoms with van der Waals surface area (Å²) in [5.41, 5.74) is 3.06. The quantitative estimate of drug-likeness (QED) is 0.308. The summed E-state index contributed by atoms with van der Waals surface area (Å²) in [7, 11) is 1.57. The fraction of sp³-hybridized carbons (Fsp3) is 0.179. The van der Waals surface area contributed by atoms with Crippen LogP contribution in [0.2, 0.25) is 0 Å². The second-order valence-corrected chi connectivity index (χ2v) is 9.13. The average Bonchev–Trinajstić information content (AvgIpc) is 3.27. The van der Waals surface area contributed by atoms with Crippen molar-refractivity contribution >= 4 is 28.4 Å². The predicted octanol–water partition coefficient (Wildman–Crippen LogP) is 5.05. The van der Waals surface area contributed by atoms with Gasteiger partial charge < -0.3 is 15.2 Å². The zero-order valence-electron chi connectivity index (χ0n) is 20.7. The molecule has 0 unspecified atom stereocenters. The number of ether oxygens (including phenoxy) is 1. The normalized spacial score (nSPS) is 11.4. The van der Waals surface area contributed by atoms with Crippen LogP contribution in [0.3, 0.4) is 0 Å². The molecule has 186 valence electrons. The Bertz CT molecular complexity index is 1580. The monoisotopic (exact) mass is 494 g/mol. The molecule has 0 bridgehead atoms. The molecule has 3 heterocycles. The summed E-state index contributed by atoms with van der Waals surface area (Å²) in [6.07, 6.45) is 5.01. The number of fused-ring (bicyclic) bond motifs is 1. The molecule has 0 aliphatic heterocycles. The van der Waals surface area contributed by atoms with E-state index in [1.54, 1.807) is 39.5 Å². The first kappa shape index (κ1) is 23.9. The highest BCUT2D eigenvalue weighted by Gasteiger charge is 2.29. The fourth-order valence-corrected chi connectivity index (χ4v) is 4.06. The third-order valence-corrected chi connectivity index (χ3v) is 6.30. The van der Waals surface area contributed by atoms with Crippen molar-refractivity contribution < 1.29 is 14.6 Å². The SMILES string of the molecule is COc1cnc(-c2nn(Cc3cccc(C(C)(C)C(=O)O)c3)c3ccccc23)nc1Nc1ccncc1. The Labute approximate surface area is 213 Å². The number of aromatic nitrogens is 5. The summed E-state index contributed by atoms with van der Waals surface area (Å²) in [4.78, 5) is 25.1. The minimum Gasteiger partial charge on any atom is -0.491 e. The van der Waals surface area contributed by atoms with E-state index in [2.05, 4.69) is 15.3 Å². The van der Waals surface area contributed by atoms with Gasteiger partial charge in [0.05, 0.1) is 30.8 Å². The van der Waals surface area contributed by atoms with Gasteiger partial charge in [-0.2, -0.15) is 5.10 Å². The molecule has 0 saturated carbocycles. The largest absolute Gasteiger partial charge is 0.491 e. The van der Waals surface area contributed by atoms with Gasteiger partial charge in [0.15, 0.2) is 17.4 Å². The van der Waals surface area contributed by atoms with E-state index in [4.69, 9.17) is 14.8 Å². The number of methoxy groups -OCH3 is 1. The number of hydrogen-bond donors (Lipinski definition) is 2. The maximum atomic E-state index is 11.8. The first-order chi connectivity index (χ1) is 17.9. The first-order valence-corrected chi connectivity index (χ1v) is 11.7. The van der Waals surface area contributed by atoms with Gasteiger partial charge in [-0.1, -0.05) is 42.5 Å². The van der Waals surface area contributed by atoms with Gasteiger partial charge in [0.25, 0.3) is 0 Å². The van der Waals surface area contributed by atoms with Crippen molar-refractivity contribution in [1.82, 2.24) is 24.7 Å². The topological polar surface area (TPSA) is 115 Å². The van der Waals surface area contributed by atoms with E-state index in [1.165, 1.54) is 0 Å². The lowest BCUT2D eigenvalue weighted by atomic mass is 9.84. The van der Waals surface area contributed by atoms with Crippen LogP contribution in [0.25, 0.3) is 22.4 Å². The number of carboxylic acids is 1. The van der Waals surface area contributed by atoms with Crippen molar-refractivity contribution in [3.63, 3.8) is 0 Å². The first-order valence-electron chi connectivity index (χ1n) is 11.7. The number of benzene rings is 2. The molecule has 9 nitrogen and oxygen atoms in total. The van der Waals surface area contributed by atoms with E-state index in [1.807, 2.05) is 65.3 Å². The highest BCUT2D eigenvalue weighted by molar-refractivity contribution is 5.92. The number of pyridine rings is 1. The van der Waals surface area contributed by atoms with Crippen LogP contribution in [0.15, 0.2) is 79.3 Å². The molecule has 5 aromatic rings. The number of aliphatic carboxylic acids is 1. The molecule has 0 aliphatic rings. The van der Waals surface area contributed by atoms with E-state index < -0.39 is 11.4 Å². The Kier molecular flexibility index (Phi) is 6.27. The van der Waals surface area contributed by atoms with Gasteiger partial charge in [-0.25, -0.2) is 9.97 Å². The Morgan fingerprint density at radius 3 is 2.62 bits per heavy atom. The molecule has 2 aromatic carbocycles. The molecule has 3 aromatic heterocycles. The lowest BCUT2D eigenvalue weighted by Gasteiger charge is -2.20. The number of nitrogens with zero attached hydrogens (tertiary/aromatic N) is 5. The third kappa shape index (κ3) is 4.71. The van der Waals surface area contributed by atoms with Crippen LogP contribution in [0, 0.1) is 0 Å². The molecule has 0 fully saturated rings. The average molecular weight is 495 g/mol. The third-order valence-electron chi connectivity index (χ3n) is 6.30. The van der Waals surface area contributed by atoms with Gasteiger partial charge in [-0.05, 0) is 43.2 Å². The van der Waals surface area contributed by atoms with Crippen LogP contribution >= 0.6 is 0 Å². The highest BCUT2D eigenvalue weighted by atomic mass is 16.5. The van der Waals surface area contributed by atoms with Gasteiger partial charge in [-0.3, -0.25) is 14.5 Å². The summed E-state index contributed by atoms with van der Waals surface area (Å²) >= 11 is 0. The van der Waals surface area contributed by atoms with Crippen molar-refractivity contribution in [2.24, 2.45) is 0 Å². The number of hydrogen-bond acceptors (Lipinski definition) is 7. The minimum atomic E-state index is -0.998. The summed E-state index contributed by atoms with van der Waals surface area (Å²) < 4.78 is 7.35. The number of anilines is 2. The molecule has 0 amide bonds. The van der Waals surface area contributed by atoms with Crippen molar-refractivity contribution in [2.75, 3.05) is 12.4 Å². The van der Waals surface area contributed by atoms with Gasteiger partial charge in [0.1, 0.15) is 5.69 Å². The number of rotatable bonds is 8. The predicted molar refractivity (Wildman–Crippen MR) is 141 cm³/mol. The van der Waals surface area contributed by atoms with Gasteiger partial charge >= 0.3 is 5.97 Å². The lowest BCUT2D eigenvalue weighted by molar-refractivity contribution is -0.142. The molecule has 0 saturated heterocycles. The molecule has 0 radical (unpaired) electrons. The minimum absolute atomic E-state index is 0.452. The van der Waals surface area contributed by atoms with E-state index in [9.17, 15) is 9.90 Å². The number of para-hydroxylation sites is 1. The van der Waals surface area contributed by atoms with Crippen LogP contribution in [0.4, 0.5) is 11.5 Å². The molecule has 37 heavy (non-hydrogen) atoms. The summed E-state index contributed by atoms with van der Waals surface area (Å²) in [5.74, 6) is 0.598. The molecular weight excluding hydrogens is 468 g/mol. The van der Waals surface area contributed by atoms with Gasteiger partial charge in [0, 0.05) is 23.5 Å². The molecular formula is C28H26N6O3. The summed E-state index contributed by atoms with van der Waals surface area (Å²) in [5, 5.41) is 18.7. The van der Waals surface area contributed by atoms with Crippen molar-refractivity contribution in [2.45, 2.75) is 25.8 Å². The Balaban J connectivity index is 1.54. The Morgan fingerprint density at radius 2 is 1.86 bits per heavy atom. The summed E-state index contributed by atoms with van der Waals surface area (Å²) in [6, 6.07) is 19.2.